The van der Waals surface area contributed by atoms with Crippen LogP contribution in [0.25, 0.3) is 11.0 Å². The Kier molecular flexibility index (Phi) is 5.09. The molecule has 0 saturated carbocycles. The zero-order chi connectivity index (χ0) is 20.4. The number of fused-ring (bicyclic) bond motifs is 1. The molecule has 146 valence electrons. The van der Waals surface area contributed by atoms with E-state index in [4.69, 9.17) is 9.47 Å². The lowest BCUT2D eigenvalue weighted by Crippen LogP contribution is -2.27. The zero-order valence-electron chi connectivity index (χ0n) is 15.8. The average molecular weight is 407 g/mol. The van der Waals surface area contributed by atoms with Crippen molar-refractivity contribution < 1.29 is 9.47 Å². The summed E-state index contributed by atoms with van der Waals surface area (Å²) in [5.74, 6) is 1.17. The predicted octanol–water partition coefficient (Wildman–Crippen LogP) is 1.95. The third-order valence-electron chi connectivity index (χ3n) is 4.26. The van der Waals surface area contributed by atoms with E-state index >= 15 is 0 Å². The van der Waals surface area contributed by atoms with Gasteiger partial charge in [0, 0.05) is 0 Å². The monoisotopic (exact) mass is 407 g/mol. The number of aromatic nitrogens is 3. The van der Waals surface area contributed by atoms with E-state index in [0.717, 1.165) is 27.0 Å². The third kappa shape index (κ3) is 3.88. The second-order valence-corrected chi connectivity index (χ2v) is 7.31. The van der Waals surface area contributed by atoms with E-state index in [9.17, 15) is 9.59 Å². The largest absolute Gasteiger partial charge is 0.493 e. The van der Waals surface area contributed by atoms with Gasteiger partial charge in [0.2, 0.25) is 4.96 Å². The van der Waals surface area contributed by atoms with Crippen LogP contribution in [0.15, 0.2) is 58.1 Å². The summed E-state index contributed by atoms with van der Waals surface area (Å²) in [6, 6.07) is 15.3. The molecule has 0 unspecified atom stereocenters. The van der Waals surface area contributed by atoms with Crippen LogP contribution in [-0.4, -0.2) is 21.7 Å². The summed E-state index contributed by atoms with van der Waals surface area (Å²) in [7, 11) is 1.56. The van der Waals surface area contributed by atoms with Crippen molar-refractivity contribution in [2.45, 2.75) is 13.5 Å². The fraction of sp³-hybridized carbons (Fsp3) is 0.143. The van der Waals surface area contributed by atoms with Gasteiger partial charge in [-0.05, 0) is 36.3 Å². The van der Waals surface area contributed by atoms with Crippen LogP contribution in [-0.2, 0) is 6.61 Å². The summed E-state index contributed by atoms with van der Waals surface area (Å²) in [6.45, 7) is 1.95. The molecule has 0 spiro atoms. The van der Waals surface area contributed by atoms with Gasteiger partial charge in [0.1, 0.15) is 12.3 Å². The van der Waals surface area contributed by atoms with E-state index in [0.29, 0.717) is 22.6 Å². The van der Waals surface area contributed by atoms with Crippen molar-refractivity contribution >= 4 is 22.4 Å². The molecule has 4 rings (SSSR count). The molecule has 7 nitrogen and oxygen atoms in total. The van der Waals surface area contributed by atoms with Gasteiger partial charge in [-0.2, -0.15) is 14.6 Å². The predicted molar refractivity (Wildman–Crippen MR) is 111 cm³/mol. The van der Waals surface area contributed by atoms with Gasteiger partial charge in [0.25, 0.3) is 11.1 Å². The molecule has 0 aliphatic rings. The van der Waals surface area contributed by atoms with E-state index in [2.05, 4.69) is 10.1 Å². The molecule has 0 saturated heterocycles. The standard InChI is InChI=1S/C21H17N3O4S/c1-13-19(25)22-21-24(23-13)20(26)18(29-21)11-15-8-9-16(17(10-15)27-2)28-12-14-6-4-3-5-7-14/h3-11H,12H2,1-2H3. The molecule has 0 radical (unpaired) electrons. The van der Waals surface area contributed by atoms with E-state index in [-0.39, 0.29) is 16.2 Å². The first-order valence-corrected chi connectivity index (χ1v) is 9.64. The van der Waals surface area contributed by atoms with E-state index in [1.807, 2.05) is 36.4 Å². The Hall–Kier alpha value is -3.52. The Morgan fingerprint density at radius 3 is 2.66 bits per heavy atom. The van der Waals surface area contributed by atoms with Gasteiger partial charge in [-0.1, -0.05) is 47.7 Å². The van der Waals surface area contributed by atoms with Crippen LogP contribution in [0.3, 0.4) is 0 Å². The van der Waals surface area contributed by atoms with E-state index in [1.54, 1.807) is 25.3 Å². The lowest BCUT2D eigenvalue weighted by atomic mass is 10.2. The highest BCUT2D eigenvalue weighted by molar-refractivity contribution is 7.15. The van der Waals surface area contributed by atoms with Gasteiger partial charge in [-0.3, -0.25) is 9.59 Å². The van der Waals surface area contributed by atoms with Crippen LogP contribution in [0, 0.1) is 6.92 Å². The second-order valence-electron chi connectivity index (χ2n) is 6.30. The topological polar surface area (TPSA) is 82.8 Å². The normalized spacial score (nSPS) is 11.7. The van der Waals surface area contributed by atoms with Gasteiger partial charge in [-0.25, -0.2) is 0 Å². The molecular weight excluding hydrogens is 390 g/mol. The van der Waals surface area contributed by atoms with Crippen LogP contribution in [0.4, 0.5) is 0 Å². The minimum Gasteiger partial charge on any atom is -0.493 e. The maximum Gasteiger partial charge on any atom is 0.295 e. The molecule has 2 aromatic carbocycles. The molecule has 8 heteroatoms. The first-order chi connectivity index (χ1) is 14.0. The van der Waals surface area contributed by atoms with Gasteiger partial charge in [-0.15, -0.1) is 0 Å². The zero-order valence-corrected chi connectivity index (χ0v) is 16.6. The Morgan fingerprint density at radius 1 is 1.10 bits per heavy atom. The van der Waals surface area contributed by atoms with Gasteiger partial charge in [0.15, 0.2) is 11.5 Å². The Bertz CT molecular complexity index is 1350. The lowest BCUT2D eigenvalue weighted by molar-refractivity contribution is 0.284. The molecule has 2 heterocycles. The first kappa shape index (κ1) is 18.8. The van der Waals surface area contributed by atoms with Crippen LogP contribution >= 0.6 is 11.3 Å². The molecule has 0 atom stereocenters. The maximum absolute atomic E-state index is 12.6. The van der Waals surface area contributed by atoms with Crippen LogP contribution < -0.4 is 25.1 Å². The second kappa shape index (κ2) is 7.84. The molecule has 0 aliphatic carbocycles. The third-order valence-corrected chi connectivity index (χ3v) is 5.22. The average Bonchev–Trinajstić information content (AvgIpc) is 3.02. The minimum absolute atomic E-state index is 0.186. The lowest BCUT2D eigenvalue weighted by Gasteiger charge is -2.11. The number of nitrogens with zero attached hydrogens (tertiary/aromatic N) is 3. The van der Waals surface area contributed by atoms with Crippen molar-refractivity contribution in [3.05, 3.63) is 90.6 Å². The summed E-state index contributed by atoms with van der Waals surface area (Å²) in [6.07, 6.45) is 1.71. The van der Waals surface area contributed by atoms with Crippen molar-refractivity contribution in [3.63, 3.8) is 0 Å². The molecule has 29 heavy (non-hydrogen) atoms. The Labute approximate surface area is 169 Å². The van der Waals surface area contributed by atoms with Crippen molar-refractivity contribution in [2.75, 3.05) is 7.11 Å². The smallest absolute Gasteiger partial charge is 0.295 e. The highest BCUT2D eigenvalue weighted by Gasteiger charge is 2.10. The fourth-order valence-electron chi connectivity index (χ4n) is 2.77. The Morgan fingerprint density at radius 2 is 1.90 bits per heavy atom. The number of aryl methyl sites for hydroxylation is 1. The Balaban J connectivity index is 1.67. The molecule has 0 aliphatic heterocycles. The number of rotatable bonds is 5. The maximum atomic E-state index is 12.6. The summed E-state index contributed by atoms with van der Waals surface area (Å²) in [5.41, 5.74) is 1.25. The van der Waals surface area contributed by atoms with Crippen LogP contribution in [0.2, 0.25) is 0 Å². The number of ether oxygens (including phenoxy) is 2. The van der Waals surface area contributed by atoms with E-state index < -0.39 is 5.56 Å². The summed E-state index contributed by atoms with van der Waals surface area (Å²) >= 11 is 1.12. The van der Waals surface area contributed by atoms with Crippen LogP contribution in [0.1, 0.15) is 16.8 Å². The van der Waals surface area contributed by atoms with Crippen molar-refractivity contribution in [1.29, 1.82) is 0 Å². The molecule has 4 aromatic rings. The summed E-state index contributed by atoms with van der Waals surface area (Å²) < 4.78 is 12.9. The number of hydrogen-bond donors (Lipinski definition) is 0. The summed E-state index contributed by atoms with van der Waals surface area (Å²) in [5, 5.41) is 4.01. The van der Waals surface area contributed by atoms with Gasteiger partial charge >= 0.3 is 0 Å². The molecule has 2 aromatic heterocycles. The quantitative estimate of drug-likeness (QED) is 0.503. The van der Waals surface area contributed by atoms with Crippen molar-refractivity contribution in [1.82, 2.24) is 14.6 Å². The van der Waals surface area contributed by atoms with E-state index in [1.165, 1.54) is 6.92 Å². The molecular formula is C21H17N3O4S. The summed E-state index contributed by atoms with van der Waals surface area (Å²) in [4.78, 5) is 28.4. The molecule has 0 bridgehead atoms. The molecule has 0 amide bonds. The van der Waals surface area contributed by atoms with Crippen LogP contribution in [0.5, 0.6) is 11.5 Å². The van der Waals surface area contributed by atoms with Crippen molar-refractivity contribution in [2.24, 2.45) is 0 Å². The highest BCUT2D eigenvalue weighted by Crippen LogP contribution is 2.29. The van der Waals surface area contributed by atoms with Crippen molar-refractivity contribution in [3.8, 4) is 11.5 Å². The van der Waals surface area contributed by atoms with Gasteiger partial charge in [0.05, 0.1) is 11.6 Å². The fourth-order valence-corrected chi connectivity index (χ4v) is 3.67. The molecule has 0 fully saturated rings. The SMILES string of the molecule is COc1cc(C=c2sc3nc(=O)c(C)nn3c2=O)ccc1OCc1ccccc1. The number of benzene rings is 2. The van der Waals surface area contributed by atoms with Gasteiger partial charge < -0.3 is 9.47 Å². The minimum atomic E-state index is -0.431. The molecule has 0 N–H and O–H groups in total. The number of hydrogen-bond acceptors (Lipinski definition) is 7. The number of thiazole rings is 1. The number of methoxy groups -OCH3 is 1. The first-order valence-electron chi connectivity index (χ1n) is 8.82. The highest BCUT2D eigenvalue weighted by atomic mass is 32.1.